The second kappa shape index (κ2) is 11.4. The number of hydrogen-bond donors (Lipinski definition) is 1. The summed E-state index contributed by atoms with van der Waals surface area (Å²) in [5.41, 5.74) is 0.787. The Kier molecular flexibility index (Phi) is 9.91. The summed E-state index contributed by atoms with van der Waals surface area (Å²) in [5, 5.41) is 3.98. The maximum absolute atomic E-state index is 12.6. The molecule has 0 aliphatic heterocycles. The molecule has 1 aromatic rings. The number of benzene rings is 1. The highest BCUT2D eigenvalue weighted by Crippen LogP contribution is 2.24. The zero-order chi connectivity index (χ0) is 18.8. The first-order valence-electron chi connectivity index (χ1n) is 8.95. The number of unbranched alkanes of at least 4 members (excludes halogenated alkanes) is 1. The van der Waals surface area contributed by atoms with Crippen molar-refractivity contribution in [1.82, 2.24) is 10.2 Å². The topological polar surface area (TPSA) is 49.4 Å². The van der Waals surface area contributed by atoms with E-state index < -0.39 is 6.04 Å². The predicted molar refractivity (Wildman–Crippen MR) is 104 cm³/mol. The molecule has 0 saturated carbocycles. The minimum absolute atomic E-state index is 0.0361. The number of nitrogens with zero attached hydrogens (tertiary/aromatic N) is 1. The van der Waals surface area contributed by atoms with E-state index in [1.54, 1.807) is 23.1 Å². The van der Waals surface area contributed by atoms with E-state index in [9.17, 15) is 9.59 Å². The van der Waals surface area contributed by atoms with Crippen LogP contribution in [0.5, 0.6) is 0 Å². The van der Waals surface area contributed by atoms with Gasteiger partial charge in [0.1, 0.15) is 6.04 Å². The molecular formula is C19H28Cl2N2O2. The van der Waals surface area contributed by atoms with Crippen molar-refractivity contribution in [2.24, 2.45) is 0 Å². The van der Waals surface area contributed by atoms with Gasteiger partial charge in [-0.25, -0.2) is 0 Å². The first-order valence-corrected chi connectivity index (χ1v) is 9.71. The van der Waals surface area contributed by atoms with E-state index in [0.717, 1.165) is 24.8 Å². The summed E-state index contributed by atoms with van der Waals surface area (Å²) in [6, 6.07) is 4.71. The summed E-state index contributed by atoms with van der Waals surface area (Å²) in [5.74, 6) is -0.142. The zero-order valence-corrected chi connectivity index (χ0v) is 16.8. The molecule has 0 radical (unpaired) electrons. The number of rotatable bonds is 10. The smallest absolute Gasteiger partial charge is 0.242 e. The van der Waals surface area contributed by atoms with Gasteiger partial charge in [0.15, 0.2) is 0 Å². The molecule has 1 atom stereocenters. The minimum Gasteiger partial charge on any atom is -0.354 e. The number of carbonyl (C=O) groups excluding carboxylic acids is 2. The van der Waals surface area contributed by atoms with Crippen molar-refractivity contribution in [2.45, 2.75) is 65.5 Å². The Morgan fingerprint density at radius 3 is 2.44 bits per heavy atom. The normalized spacial score (nSPS) is 11.9. The molecule has 0 bridgehead atoms. The van der Waals surface area contributed by atoms with Crippen molar-refractivity contribution in [1.29, 1.82) is 0 Å². The SMILES string of the molecule is CCCCNC(=O)C(CC)N(Cc1ccc(Cl)cc1Cl)C(=O)CCC. The van der Waals surface area contributed by atoms with Gasteiger partial charge in [-0.05, 0) is 37.0 Å². The molecule has 0 aliphatic carbocycles. The van der Waals surface area contributed by atoms with Gasteiger partial charge in [0, 0.05) is 29.6 Å². The summed E-state index contributed by atoms with van der Waals surface area (Å²) >= 11 is 12.2. The largest absolute Gasteiger partial charge is 0.354 e. The van der Waals surface area contributed by atoms with Crippen LogP contribution in [-0.4, -0.2) is 29.3 Å². The van der Waals surface area contributed by atoms with E-state index in [2.05, 4.69) is 12.2 Å². The van der Waals surface area contributed by atoms with Crippen LogP contribution in [0.1, 0.15) is 58.4 Å². The quantitative estimate of drug-likeness (QED) is 0.586. The first kappa shape index (κ1) is 21.8. The summed E-state index contributed by atoms with van der Waals surface area (Å²) in [4.78, 5) is 26.8. The van der Waals surface area contributed by atoms with E-state index in [0.29, 0.717) is 36.0 Å². The Bertz CT molecular complexity index is 579. The van der Waals surface area contributed by atoms with Gasteiger partial charge in [-0.15, -0.1) is 0 Å². The minimum atomic E-state index is -0.498. The van der Waals surface area contributed by atoms with Gasteiger partial charge >= 0.3 is 0 Å². The maximum atomic E-state index is 12.6. The molecule has 6 heteroatoms. The number of amides is 2. The molecule has 2 amide bonds. The highest BCUT2D eigenvalue weighted by Gasteiger charge is 2.28. The predicted octanol–water partition coefficient (Wildman–Crippen LogP) is 4.82. The van der Waals surface area contributed by atoms with Gasteiger partial charge < -0.3 is 10.2 Å². The van der Waals surface area contributed by atoms with Crippen LogP contribution in [0.2, 0.25) is 10.0 Å². The Hall–Kier alpha value is -1.26. The van der Waals surface area contributed by atoms with Crippen LogP contribution in [0.15, 0.2) is 18.2 Å². The van der Waals surface area contributed by atoms with E-state index in [1.807, 2.05) is 13.8 Å². The van der Waals surface area contributed by atoms with E-state index in [-0.39, 0.29) is 11.8 Å². The van der Waals surface area contributed by atoms with Crippen LogP contribution in [-0.2, 0) is 16.1 Å². The van der Waals surface area contributed by atoms with Crippen LogP contribution < -0.4 is 5.32 Å². The van der Waals surface area contributed by atoms with Gasteiger partial charge in [-0.2, -0.15) is 0 Å². The monoisotopic (exact) mass is 386 g/mol. The number of halogens is 2. The van der Waals surface area contributed by atoms with E-state index in [4.69, 9.17) is 23.2 Å². The Balaban J connectivity index is 3.00. The Labute approximate surface area is 160 Å². The van der Waals surface area contributed by atoms with Gasteiger partial charge in [-0.1, -0.05) is 56.5 Å². The molecule has 0 fully saturated rings. The third kappa shape index (κ3) is 6.87. The molecular weight excluding hydrogens is 359 g/mol. The van der Waals surface area contributed by atoms with Crippen molar-refractivity contribution in [2.75, 3.05) is 6.54 Å². The van der Waals surface area contributed by atoms with Crippen LogP contribution in [0.25, 0.3) is 0 Å². The summed E-state index contributed by atoms with van der Waals surface area (Å²) < 4.78 is 0. The highest BCUT2D eigenvalue weighted by molar-refractivity contribution is 6.35. The van der Waals surface area contributed by atoms with Crippen LogP contribution >= 0.6 is 23.2 Å². The lowest BCUT2D eigenvalue weighted by Gasteiger charge is -2.31. The van der Waals surface area contributed by atoms with Crippen molar-refractivity contribution < 1.29 is 9.59 Å². The molecule has 140 valence electrons. The third-order valence-electron chi connectivity index (χ3n) is 4.04. The van der Waals surface area contributed by atoms with Crippen molar-refractivity contribution in [3.05, 3.63) is 33.8 Å². The lowest BCUT2D eigenvalue weighted by Crippen LogP contribution is -2.49. The van der Waals surface area contributed by atoms with Crippen molar-refractivity contribution in [3.63, 3.8) is 0 Å². The van der Waals surface area contributed by atoms with E-state index in [1.165, 1.54) is 0 Å². The van der Waals surface area contributed by atoms with E-state index >= 15 is 0 Å². The van der Waals surface area contributed by atoms with Crippen molar-refractivity contribution in [3.8, 4) is 0 Å². The van der Waals surface area contributed by atoms with Crippen LogP contribution in [0.4, 0.5) is 0 Å². The molecule has 1 aromatic carbocycles. The average Bonchev–Trinajstić information content (AvgIpc) is 2.57. The Morgan fingerprint density at radius 1 is 1.16 bits per heavy atom. The number of hydrogen-bond acceptors (Lipinski definition) is 2. The summed E-state index contributed by atoms with van der Waals surface area (Å²) in [6.45, 7) is 6.87. The first-order chi connectivity index (χ1) is 11.9. The lowest BCUT2D eigenvalue weighted by molar-refractivity contribution is -0.141. The molecule has 1 rings (SSSR count). The lowest BCUT2D eigenvalue weighted by atomic mass is 10.1. The van der Waals surface area contributed by atoms with Crippen LogP contribution in [0.3, 0.4) is 0 Å². The zero-order valence-electron chi connectivity index (χ0n) is 15.3. The molecule has 0 saturated heterocycles. The molecule has 1 N–H and O–H groups in total. The Morgan fingerprint density at radius 2 is 1.88 bits per heavy atom. The fourth-order valence-corrected chi connectivity index (χ4v) is 3.08. The van der Waals surface area contributed by atoms with Crippen LogP contribution in [0, 0.1) is 0 Å². The maximum Gasteiger partial charge on any atom is 0.242 e. The molecule has 0 spiro atoms. The van der Waals surface area contributed by atoms with Gasteiger partial charge in [0.05, 0.1) is 0 Å². The van der Waals surface area contributed by atoms with Crippen molar-refractivity contribution >= 4 is 35.0 Å². The molecule has 0 aliphatic rings. The summed E-state index contributed by atoms with van der Waals surface area (Å²) in [6.07, 6.45) is 3.63. The molecule has 25 heavy (non-hydrogen) atoms. The average molecular weight is 387 g/mol. The number of carbonyl (C=O) groups is 2. The molecule has 4 nitrogen and oxygen atoms in total. The second-order valence-electron chi connectivity index (χ2n) is 6.08. The standard InChI is InChI=1S/C19H28Cl2N2O2/c1-4-7-11-22-19(25)17(6-3)23(18(24)8-5-2)13-14-9-10-15(20)12-16(14)21/h9-10,12,17H,4-8,11,13H2,1-3H3,(H,22,25). The second-order valence-corrected chi connectivity index (χ2v) is 6.92. The fraction of sp³-hybridized carbons (Fsp3) is 0.579. The van der Waals surface area contributed by atoms with Gasteiger partial charge in [-0.3, -0.25) is 9.59 Å². The molecule has 1 unspecified atom stereocenters. The molecule has 0 aromatic heterocycles. The number of nitrogens with one attached hydrogen (secondary N) is 1. The third-order valence-corrected chi connectivity index (χ3v) is 4.62. The van der Waals surface area contributed by atoms with Gasteiger partial charge in [0.2, 0.25) is 11.8 Å². The summed E-state index contributed by atoms with van der Waals surface area (Å²) in [7, 11) is 0. The van der Waals surface area contributed by atoms with Gasteiger partial charge in [0.25, 0.3) is 0 Å². The highest BCUT2D eigenvalue weighted by atomic mass is 35.5. The fourth-order valence-electron chi connectivity index (χ4n) is 2.62. The molecule has 0 heterocycles.